The third-order valence-electron chi connectivity index (χ3n) is 8.70. The Kier molecular flexibility index (Phi) is 17.3. The Labute approximate surface area is 366 Å². The van der Waals surface area contributed by atoms with Gasteiger partial charge in [-0.05, 0) is 0 Å². The SMILES string of the molecule is C=CC=CNC(=O)c1cc[c]([Sb]([c]2ccc(C(=O)NC=CC=C)cc2)[c]2cc[c]([Sb]([c]3ccc(C(=O)NC=CC=C)cc3)[c]3ccc(C(=O)NC=CC=C)cc3)cc2)cc1. The number of nitrogens with one attached hydrogen (secondary N) is 4. The van der Waals surface area contributed by atoms with E-state index in [4.69, 9.17) is 0 Å². The fourth-order valence-corrected chi connectivity index (χ4v) is 18.6. The van der Waals surface area contributed by atoms with Gasteiger partial charge >= 0.3 is 369 Å². The van der Waals surface area contributed by atoms with Crippen LogP contribution in [0.1, 0.15) is 41.4 Å². The Morgan fingerprint density at radius 2 is 0.483 bits per heavy atom. The molecule has 5 rings (SSSR count). The first-order valence-corrected chi connectivity index (χ1v) is 26.4. The van der Waals surface area contributed by atoms with E-state index in [1.165, 1.54) is 7.02 Å². The fourth-order valence-electron chi connectivity index (χ4n) is 5.79. The van der Waals surface area contributed by atoms with Crippen LogP contribution >= 0.6 is 0 Å². The van der Waals surface area contributed by atoms with Gasteiger partial charge in [-0.25, -0.2) is 0 Å². The summed E-state index contributed by atoms with van der Waals surface area (Å²) in [5.41, 5.74) is 2.14. The third kappa shape index (κ3) is 12.3. The first kappa shape index (κ1) is 44.6. The van der Waals surface area contributed by atoms with E-state index in [1.54, 1.807) is 73.4 Å². The van der Waals surface area contributed by atoms with Gasteiger partial charge in [0, 0.05) is 0 Å². The van der Waals surface area contributed by atoms with Gasteiger partial charge in [-0.15, -0.1) is 0 Å². The van der Waals surface area contributed by atoms with Crippen LogP contribution in [-0.2, 0) is 0 Å². The van der Waals surface area contributed by atoms with E-state index in [2.05, 4.69) is 71.8 Å². The van der Waals surface area contributed by atoms with Gasteiger partial charge in [0.2, 0.25) is 0 Å². The number of carbonyl (C=O) groups is 4. The zero-order chi connectivity index (χ0) is 42.7. The minimum absolute atomic E-state index is 0.220. The number of hydrogen-bond donors (Lipinski definition) is 4. The summed E-state index contributed by atoms with van der Waals surface area (Å²) >= 11 is -5.49. The number of allylic oxidation sites excluding steroid dienone is 8. The summed E-state index contributed by atoms with van der Waals surface area (Å²) < 4.78 is 6.95. The van der Waals surface area contributed by atoms with Crippen LogP contribution in [-0.4, -0.2) is 64.0 Å². The first-order chi connectivity index (χ1) is 29.3. The van der Waals surface area contributed by atoms with Crippen molar-refractivity contribution in [2.45, 2.75) is 0 Å². The Morgan fingerprint density at radius 3 is 0.650 bits per heavy atom. The molecule has 0 fully saturated rings. The molecule has 298 valence electrons. The molecule has 5 aromatic carbocycles. The normalized spacial score (nSPS) is 11.2. The molecular formula is C50H44N4O4Sb2. The van der Waals surface area contributed by atoms with Gasteiger partial charge in [0.1, 0.15) is 0 Å². The summed E-state index contributed by atoms with van der Waals surface area (Å²) in [6, 6.07) is 39.8. The molecule has 60 heavy (non-hydrogen) atoms. The molecule has 5 aromatic rings. The first-order valence-electron chi connectivity index (χ1n) is 18.7. The predicted octanol–water partition coefficient (Wildman–Crippen LogP) is 4.44. The molecule has 0 saturated heterocycles. The number of hydrogen-bond acceptors (Lipinski definition) is 4. The summed E-state index contributed by atoms with van der Waals surface area (Å²) in [5, 5.41) is 11.0. The minimum atomic E-state index is -2.75. The summed E-state index contributed by atoms with van der Waals surface area (Å²) in [6.07, 6.45) is 19.2. The van der Waals surface area contributed by atoms with Crippen LogP contribution in [0.15, 0.2) is 221 Å². The van der Waals surface area contributed by atoms with E-state index in [1.807, 2.05) is 97.1 Å². The molecule has 0 aliphatic rings. The van der Waals surface area contributed by atoms with Gasteiger partial charge in [-0.1, -0.05) is 0 Å². The number of amides is 4. The monoisotopic (exact) mass is 1010 g/mol. The molecule has 0 unspecified atom stereocenters. The van der Waals surface area contributed by atoms with Crippen LogP contribution in [0.5, 0.6) is 0 Å². The van der Waals surface area contributed by atoms with E-state index < -0.39 is 40.4 Å². The van der Waals surface area contributed by atoms with Crippen molar-refractivity contribution in [2.75, 3.05) is 0 Å². The van der Waals surface area contributed by atoms with Crippen molar-refractivity contribution in [3.63, 3.8) is 0 Å². The summed E-state index contributed by atoms with van der Waals surface area (Å²) in [6.45, 7) is 14.6. The van der Waals surface area contributed by atoms with Crippen molar-refractivity contribution >= 4 is 85.1 Å². The van der Waals surface area contributed by atoms with Crippen molar-refractivity contribution in [1.29, 1.82) is 0 Å². The molecule has 0 saturated carbocycles. The molecule has 10 heteroatoms. The second-order valence-corrected chi connectivity index (χ2v) is 25.3. The Hall–Kier alpha value is -6.46. The second-order valence-electron chi connectivity index (χ2n) is 12.6. The molecular weight excluding hydrogens is 964 g/mol. The molecule has 8 nitrogen and oxygen atoms in total. The predicted molar refractivity (Wildman–Crippen MR) is 249 cm³/mol. The topological polar surface area (TPSA) is 116 Å². The Bertz CT molecular complexity index is 2130. The van der Waals surface area contributed by atoms with Crippen molar-refractivity contribution in [3.05, 3.63) is 243 Å². The summed E-state index contributed by atoms with van der Waals surface area (Å²) in [5.74, 6) is -0.880. The van der Waals surface area contributed by atoms with Gasteiger partial charge in [0.25, 0.3) is 0 Å². The van der Waals surface area contributed by atoms with Crippen LogP contribution in [0.3, 0.4) is 0 Å². The molecule has 0 heterocycles. The van der Waals surface area contributed by atoms with Crippen LogP contribution in [0, 0.1) is 0 Å². The quantitative estimate of drug-likeness (QED) is 0.0769. The summed E-state index contributed by atoms with van der Waals surface area (Å²) in [4.78, 5) is 51.2. The Morgan fingerprint density at radius 1 is 0.317 bits per heavy atom. The number of rotatable bonds is 18. The molecule has 0 spiro atoms. The standard InChI is InChI=1S/4C11H10NO.C6H4.2Sb/c4*1-2-3-9-12-11(13)10-7-5-4-6-8-10;1-2-4-6-5-3-1;;/h4*2-3,5-9H,1H2,(H,12,13);1-2,5-6H;;. The Balaban J connectivity index is 1.54. The van der Waals surface area contributed by atoms with E-state index in [9.17, 15) is 19.2 Å². The van der Waals surface area contributed by atoms with Crippen LogP contribution in [0.4, 0.5) is 0 Å². The van der Waals surface area contributed by atoms with Crippen molar-refractivity contribution in [2.24, 2.45) is 0 Å². The summed E-state index contributed by atoms with van der Waals surface area (Å²) in [7, 11) is 0. The van der Waals surface area contributed by atoms with Crippen molar-refractivity contribution in [3.8, 4) is 0 Å². The molecule has 4 N–H and O–H groups in total. The zero-order valence-corrected chi connectivity index (χ0v) is 37.9. The average Bonchev–Trinajstić information content (AvgIpc) is 3.28. The molecule has 0 aromatic heterocycles. The molecule has 0 aliphatic carbocycles. The third-order valence-corrected chi connectivity index (χ3v) is 22.7. The van der Waals surface area contributed by atoms with E-state index in [0.29, 0.717) is 22.3 Å². The molecule has 0 bridgehead atoms. The van der Waals surface area contributed by atoms with Crippen LogP contribution in [0.2, 0.25) is 0 Å². The average molecular weight is 1010 g/mol. The number of carbonyl (C=O) groups excluding carboxylic acids is 4. The van der Waals surface area contributed by atoms with Crippen LogP contribution < -0.4 is 42.3 Å². The van der Waals surface area contributed by atoms with Crippen molar-refractivity contribution in [1.82, 2.24) is 21.3 Å². The van der Waals surface area contributed by atoms with E-state index >= 15 is 0 Å². The fraction of sp³-hybridized carbons (Fsp3) is 0. The van der Waals surface area contributed by atoms with Gasteiger partial charge in [0.15, 0.2) is 0 Å². The maximum absolute atomic E-state index is 12.8. The molecule has 0 radical (unpaired) electrons. The van der Waals surface area contributed by atoms with Crippen molar-refractivity contribution < 1.29 is 19.2 Å². The van der Waals surface area contributed by atoms with Gasteiger partial charge in [0.05, 0.1) is 0 Å². The number of benzene rings is 5. The molecule has 0 atom stereocenters. The maximum atomic E-state index is 12.8. The van der Waals surface area contributed by atoms with Gasteiger partial charge in [-0.2, -0.15) is 0 Å². The van der Waals surface area contributed by atoms with E-state index in [0.717, 1.165) is 14.0 Å². The molecule has 0 aliphatic heterocycles. The van der Waals surface area contributed by atoms with E-state index in [-0.39, 0.29) is 23.6 Å². The van der Waals surface area contributed by atoms with Gasteiger partial charge < -0.3 is 0 Å². The van der Waals surface area contributed by atoms with Gasteiger partial charge in [-0.3, -0.25) is 0 Å². The zero-order valence-electron chi connectivity index (χ0n) is 32.8. The van der Waals surface area contributed by atoms with Crippen LogP contribution in [0.25, 0.3) is 0 Å². The molecule has 4 amide bonds. The second kappa shape index (κ2) is 23.2.